The van der Waals surface area contributed by atoms with Crippen LogP contribution in [-0.4, -0.2) is 11.7 Å². The number of benzene rings is 2. The number of hydrogen-bond acceptors (Lipinski definition) is 2. The van der Waals surface area contributed by atoms with E-state index in [1.807, 2.05) is 37.3 Å². The average Bonchev–Trinajstić information content (AvgIpc) is 2.40. The van der Waals surface area contributed by atoms with Crippen LogP contribution in [0, 0.1) is 6.92 Å². The van der Waals surface area contributed by atoms with Crippen LogP contribution in [0.2, 0.25) is 5.02 Å². The van der Waals surface area contributed by atoms with Crippen LogP contribution in [0.25, 0.3) is 0 Å². The summed E-state index contributed by atoms with van der Waals surface area (Å²) in [6.45, 7) is 2.49. The lowest BCUT2D eigenvalue weighted by atomic mass is 10.1. The predicted octanol–water partition coefficient (Wildman–Crippen LogP) is 4.56. The van der Waals surface area contributed by atoms with Crippen molar-refractivity contribution in [1.82, 2.24) is 0 Å². The molecule has 0 spiro atoms. The number of anilines is 1. The summed E-state index contributed by atoms with van der Waals surface area (Å²) in [4.78, 5) is 0. The van der Waals surface area contributed by atoms with Crippen molar-refractivity contribution in [3.05, 3.63) is 63.1 Å². The van der Waals surface area contributed by atoms with Gasteiger partial charge in [-0.25, -0.2) is 0 Å². The smallest absolute Gasteiger partial charge is 0.0962 e. The summed E-state index contributed by atoms with van der Waals surface area (Å²) in [5.74, 6) is 0. The van der Waals surface area contributed by atoms with E-state index in [9.17, 15) is 5.11 Å². The third kappa shape index (κ3) is 3.96. The highest BCUT2D eigenvalue weighted by molar-refractivity contribution is 9.10. The zero-order valence-corrected chi connectivity index (χ0v) is 12.9. The van der Waals surface area contributed by atoms with Crippen molar-refractivity contribution < 1.29 is 5.11 Å². The molecular formula is C15H15BrClNO. The van der Waals surface area contributed by atoms with Crippen LogP contribution in [0.3, 0.4) is 0 Å². The SMILES string of the molecule is Cc1cc(NCC(O)c2ccc(Cl)cc2)ccc1Br. The van der Waals surface area contributed by atoms with Crippen molar-refractivity contribution in [3.63, 3.8) is 0 Å². The molecule has 1 atom stereocenters. The Hall–Kier alpha value is -1.03. The summed E-state index contributed by atoms with van der Waals surface area (Å²) in [5.41, 5.74) is 3.01. The van der Waals surface area contributed by atoms with Gasteiger partial charge in [-0.1, -0.05) is 39.7 Å². The van der Waals surface area contributed by atoms with Crippen LogP contribution in [0.5, 0.6) is 0 Å². The fourth-order valence-electron chi connectivity index (χ4n) is 1.77. The van der Waals surface area contributed by atoms with E-state index < -0.39 is 6.10 Å². The molecule has 0 saturated heterocycles. The Labute approximate surface area is 126 Å². The van der Waals surface area contributed by atoms with Crippen LogP contribution in [0.15, 0.2) is 46.9 Å². The van der Waals surface area contributed by atoms with Gasteiger partial charge < -0.3 is 10.4 Å². The van der Waals surface area contributed by atoms with Crippen LogP contribution < -0.4 is 5.32 Å². The lowest BCUT2D eigenvalue weighted by molar-refractivity contribution is 0.191. The number of nitrogens with one attached hydrogen (secondary N) is 1. The molecule has 0 aliphatic carbocycles. The van der Waals surface area contributed by atoms with Crippen LogP contribution in [-0.2, 0) is 0 Å². The highest BCUT2D eigenvalue weighted by Gasteiger charge is 2.07. The Kier molecular flexibility index (Phi) is 4.86. The highest BCUT2D eigenvalue weighted by Crippen LogP contribution is 2.21. The van der Waals surface area contributed by atoms with E-state index in [4.69, 9.17) is 11.6 Å². The molecule has 100 valence electrons. The first-order chi connectivity index (χ1) is 9.06. The molecule has 0 heterocycles. The summed E-state index contributed by atoms with van der Waals surface area (Å²) in [5, 5.41) is 14.0. The van der Waals surface area contributed by atoms with Gasteiger partial charge in [0.1, 0.15) is 0 Å². The molecule has 19 heavy (non-hydrogen) atoms. The fraction of sp³-hybridized carbons (Fsp3) is 0.200. The molecule has 0 aliphatic heterocycles. The third-order valence-electron chi connectivity index (χ3n) is 2.91. The molecule has 0 aromatic heterocycles. The minimum absolute atomic E-state index is 0.461. The first-order valence-electron chi connectivity index (χ1n) is 6.00. The second-order valence-corrected chi connectivity index (χ2v) is 5.70. The second kappa shape index (κ2) is 6.42. The molecule has 2 nitrogen and oxygen atoms in total. The maximum Gasteiger partial charge on any atom is 0.0962 e. The zero-order chi connectivity index (χ0) is 13.8. The Balaban J connectivity index is 1.98. The highest BCUT2D eigenvalue weighted by atomic mass is 79.9. The van der Waals surface area contributed by atoms with Gasteiger partial charge in [0.05, 0.1) is 6.10 Å². The quantitative estimate of drug-likeness (QED) is 0.855. The zero-order valence-electron chi connectivity index (χ0n) is 10.5. The van der Waals surface area contributed by atoms with Gasteiger partial charge in [-0.05, 0) is 48.4 Å². The molecule has 2 N–H and O–H groups in total. The normalized spacial score (nSPS) is 12.2. The van der Waals surface area contributed by atoms with Crippen molar-refractivity contribution in [3.8, 4) is 0 Å². The molecule has 2 rings (SSSR count). The van der Waals surface area contributed by atoms with E-state index in [0.717, 1.165) is 21.3 Å². The van der Waals surface area contributed by atoms with E-state index >= 15 is 0 Å². The van der Waals surface area contributed by atoms with Gasteiger partial charge in [-0.3, -0.25) is 0 Å². The first kappa shape index (κ1) is 14.4. The van der Waals surface area contributed by atoms with E-state index in [1.54, 1.807) is 12.1 Å². The van der Waals surface area contributed by atoms with Crippen molar-refractivity contribution in [2.45, 2.75) is 13.0 Å². The molecule has 2 aromatic carbocycles. The summed E-state index contributed by atoms with van der Waals surface area (Å²) >= 11 is 9.28. The van der Waals surface area contributed by atoms with Crippen LogP contribution in [0.4, 0.5) is 5.69 Å². The minimum atomic E-state index is -0.554. The molecule has 0 fully saturated rings. The van der Waals surface area contributed by atoms with Gasteiger partial charge in [0.2, 0.25) is 0 Å². The lowest BCUT2D eigenvalue weighted by Gasteiger charge is -2.14. The monoisotopic (exact) mass is 339 g/mol. The van der Waals surface area contributed by atoms with Crippen molar-refractivity contribution >= 4 is 33.2 Å². The Bertz CT molecular complexity index is 557. The Morgan fingerprint density at radius 3 is 2.53 bits per heavy atom. The van der Waals surface area contributed by atoms with Gasteiger partial charge in [0.15, 0.2) is 0 Å². The largest absolute Gasteiger partial charge is 0.387 e. The summed E-state index contributed by atoms with van der Waals surface area (Å²) < 4.78 is 1.08. The van der Waals surface area contributed by atoms with E-state index in [-0.39, 0.29) is 0 Å². The summed E-state index contributed by atoms with van der Waals surface area (Å²) in [6, 6.07) is 13.2. The topological polar surface area (TPSA) is 32.3 Å². The molecular weight excluding hydrogens is 326 g/mol. The Morgan fingerprint density at radius 1 is 1.21 bits per heavy atom. The van der Waals surface area contributed by atoms with Crippen molar-refractivity contribution in [2.75, 3.05) is 11.9 Å². The maximum atomic E-state index is 10.1. The molecule has 4 heteroatoms. The molecule has 0 aliphatic rings. The second-order valence-electron chi connectivity index (χ2n) is 4.41. The molecule has 0 amide bonds. The van der Waals surface area contributed by atoms with Crippen molar-refractivity contribution in [2.24, 2.45) is 0 Å². The van der Waals surface area contributed by atoms with Gasteiger partial charge in [0.25, 0.3) is 0 Å². The van der Waals surface area contributed by atoms with Crippen LogP contribution in [0.1, 0.15) is 17.2 Å². The van der Waals surface area contributed by atoms with E-state index in [2.05, 4.69) is 21.2 Å². The lowest BCUT2D eigenvalue weighted by Crippen LogP contribution is -2.12. The van der Waals surface area contributed by atoms with E-state index in [1.165, 1.54) is 0 Å². The van der Waals surface area contributed by atoms with Gasteiger partial charge in [0, 0.05) is 21.7 Å². The molecule has 0 bridgehead atoms. The number of hydrogen-bond donors (Lipinski definition) is 2. The first-order valence-corrected chi connectivity index (χ1v) is 7.17. The standard InChI is InChI=1S/C15H15BrClNO/c1-10-8-13(6-7-14(10)16)18-9-15(19)11-2-4-12(17)5-3-11/h2-8,15,18-19H,9H2,1H3. The molecule has 0 radical (unpaired) electrons. The maximum absolute atomic E-state index is 10.1. The third-order valence-corrected chi connectivity index (χ3v) is 4.05. The molecule has 1 unspecified atom stereocenters. The molecule has 0 saturated carbocycles. The number of aryl methyl sites for hydroxylation is 1. The minimum Gasteiger partial charge on any atom is -0.387 e. The number of aliphatic hydroxyl groups is 1. The van der Waals surface area contributed by atoms with Gasteiger partial charge in [-0.2, -0.15) is 0 Å². The predicted molar refractivity (Wildman–Crippen MR) is 83.8 cm³/mol. The number of rotatable bonds is 4. The number of halogens is 2. The summed E-state index contributed by atoms with van der Waals surface area (Å²) in [6.07, 6.45) is -0.554. The van der Waals surface area contributed by atoms with Crippen LogP contribution >= 0.6 is 27.5 Å². The average molecular weight is 341 g/mol. The molecule has 2 aromatic rings. The number of aliphatic hydroxyl groups excluding tert-OH is 1. The van der Waals surface area contributed by atoms with Gasteiger partial charge >= 0.3 is 0 Å². The van der Waals surface area contributed by atoms with Gasteiger partial charge in [-0.15, -0.1) is 0 Å². The fourth-order valence-corrected chi connectivity index (χ4v) is 2.14. The summed E-state index contributed by atoms with van der Waals surface area (Å²) in [7, 11) is 0. The van der Waals surface area contributed by atoms with E-state index in [0.29, 0.717) is 11.6 Å². The Morgan fingerprint density at radius 2 is 1.89 bits per heavy atom. The van der Waals surface area contributed by atoms with Crippen molar-refractivity contribution in [1.29, 1.82) is 0 Å².